The number of aliphatic hydroxyl groups is 1. The molecule has 0 saturated heterocycles. The summed E-state index contributed by atoms with van der Waals surface area (Å²) in [5.41, 5.74) is 0.0563. The molecular weight excluding hydrogens is 354 g/mol. The van der Waals surface area contributed by atoms with Crippen molar-refractivity contribution in [3.63, 3.8) is 0 Å². The van der Waals surface area contributed by atoms with Crippen molar-refractivity contribution in [2.24, 2.45) is 0 Å². The lowest BCUT2D eigenvalue weighted by Crippen LogP contribution is -2.38. The summed E-state index contributed by atoms with van der Waals surface area (Å²) in [4.78, 5) is 12.0. The van der Waals surface area contributed by atoms with Crippen LogP contribution in [-0.4, -0.2) is 17.6 Å². The number of nitrogens with one attached hydrogen (secondary N) is 1. The van der Waals surface area contributed by atoms with Crippen LogP contribution >= 0.6 is 27.5 Å². The molecule has 3 nitrogen and oxygen atoms in total. The quantitative estimate of drug-likeness (QED) is 0.863. The molecule has 1 unspecified atom stereocenters. The molecule has 0 bridgehead atoms. The van der Waals surface area contributed by atoms with E-state index in [1.54, 1.807) is 31.2 Å². The average molecular weight is 369 g/mol. The number of rotatable bonds is 4. The number of hydrogen-bond acceptors (Lipinski definition) is 2. The number of halogens is 2. The molecular formula is C16H15BrClNO2. The Hall–Kier alpha value is -1.36. The monoisotopic (exact) mass is 367 g/mol. The third kappa shape index (κ3) is 4.30. The standard InChI is InChI=1S/C16H15BrClNO2/c1-16(21,12-5-7-13(17)8-6-12)10-19-15(20)11-3-2-4-14(18)9-11/h2-9,21H,10H2,1H3,(H,19,20). The molecule has 2 rings (SSSR count). The second kappa shape index (κ2) is 6.60. The third-order valence-electron chi connectivity index (χ3n) is 3.15. The molecule has 110 valence electrons. The highest BCUT2D eigenvalue weighted by Gasteiger charge is 2.24. The van der Waals surface area contributed by atoms with Gasteiger partial charge in [-0.25, -0.2) is 0 Å². The normalized spacial score (nSPS) is 13.5. The van der Waals surface area contributed by atoms with Crippen molar-refractivity contribution in [1.29, 1.82) is 0 Å². The molecule has 0 heterocycles. The highest BCUT2D eigenvalue weighted by molar-refractivity contribution is 9.10. The number of benzene rings is 2. The van der Waals surface area contributed by atoms with E-state index >= 15 is 0 Å². The van der Waals surface area contributed by atoms with E-state index in [0.717, 1.165) is 10.0 Å². The van der Waals surface area contributed by atoms with Gasteiger partial charge in [-0.15, -0.1) is 0 Å². The van der Waals surface area contributed by atoms with E-state index in [2.05, 4.69) is 21.2 Å². The van der Waals surface area contributed by atoms with Crippen molar-refractivity contribution < 1.29 is 9.90 Å². The van der Waals surface area contributed by atoms with Gasteiger partial charge in [-0.05, 0) is 42.8 Å². The van der Waals surface area contributed by atoms with E-state index in [0.29, 0.717) is 10.6 Å². The van der Waals surface area contributed by atoms with Gasteiger partial charge in [0.1, 0.15) is 5.60 Å². The van der Waals surface area contributed by atoms with E-state index in [1.807, 2.05) is 24.3 Å². The molecule has 0 aliphatic carbocycles. The molecule has 0 saturated carbocycles. The Morgan fingerprint density at radius 2 is 1.95 bits per heavy atom. The topological polar surface area (TPSA) is 49.3 Å². The highest BCUT2D eigenvalue weighted by Crippen LogP contribution is 2.22. The average Bonchev–Trinajstić information content (AvgIpc) is 2.45. The Kier molecular flexibility index (Phi) is 5.04. The second-order valence-corrected chi connectivity index (χ2v) is 6.33. The molecule has 1 amide bonds. The minimum absolute atomic E-state index is 0.111. The maximum Gasteiger partial charge on any atom is 0.251 e. The first-order valence-electron chi connectivity index (χ1n) is 6.41. The van der Waals surface area contributed by atoms with Gasteiger partial charge in [0, 0.05) is 15.1 Å². The van der Waals surface area contributed by atoms with Crippen molar-refractivity contribution in [1.82, 2.24) is 5.32 Å². The van der Waals surface area contributed by atoms with Crippen LogP contribution in [0, 0.1) is 0 Å². The molecule has 0 fully saturated rings. The molecule has 21 heavy (non-hydrogen) atoms. The van der Waals surface area contributed by atoms with Crippen LogP contribution in [0.15, 0.2) is 53.0 Å². The van der Waals surface area contributed by atoms with E-state index in [1.165, 1.54) is 0 Å². The molecule has 0 aliphatic heterocycles. The number of amides is 1. The van der Waals surface area contributed by atoms with Gasteiger partial charge < -0.3 is 10.4 Å². The van der Waals surface area contributed by atoms with Gasteiger partial charge in [0.25, 0.3) is 5.91 Å². The lowest BCUT2D eigenvalue weighted by Gasteiger charge is -2.24. The summed E-state index contributed by atoms with van der Waals surface area (Å²) in [6.07, 6.45) is 0. The van der Waals surface area contributed by atoms with Gasteiger partial charge in [-0.1, -0.05) is 45.7 Å². The Balaban J connectivity index is 2.04. The Labute approximate surface area is 137 Å². The van der Waals surface area contributed by atoms with Crippen molar-refractivity contribution in [3.05, 3.63) is 69.2 Å². The lowest BCUT2D eigenvalue weighted by atomic mass is 9.96. The zero-order chi connectivity index (χ0) is 15.5. The second-order valence-electron chi connectivity index (χ2n) is 4.97. The first-order valence-corrected chi connectivity index (χ1v) is 7.58. The molecule has 2 aromatic carbocycles. The van der Waals surface area contributed by atoms with Crippen molar-refractivity contribution in [2.45, 2.75) is 12.5 Å². The van der Waals surface area contributed by atoms with Crippen LogP contribution in [0.2, 0.25) is 5.02 Å². The van der Waals surface area contributed by atoms with E-state index in [9.17, 15) is 9.90 Å². The largest absolute Gasteiger partial charge is 0.384 e. The summed E-state index contributed by atoms with van der Waals surface area (Å²) in [7, 11) is 0. The molecule has 0 spiro atoms. The first kappa shape index (κ1) is 16.0. The van der Waals surface area contributed by atoms with Crippen LogP contribution in [0.3, 0.4) is 0 Å². The fourth-order valence-electron chi connectivity index (χ4n) is 1.90. The Morgan fingerprint density at radius 3 is 2.57 bits per heavy atom. The predicted molar refractivity (Wildman–Crippen MR) is 87.5 cm³/mol. The summed E-state index contributed by atoms with van der Waals surface area (Å²) in [5.74, 6) is -0.269. The fourth-order valence-corrected chi connectivity index (χ4v) is 2.35. The summed E-state index contributed by atoms with van der Waals surface area (Å²) in [6, 6.07) is 14.0. The van der Waals surface area contributed by atoms with Crippen LogP contribution in [0.4, 0.5) is 0 Å². The van der Waals surface area contributed by atoms with Gasteiger partial charge in [-0.3, -0.25) is 4.79 Å². The van der Waals surface area contributed by atoms with Crippen LogP contribution < -0.4 is 5.32 Å². The predicted octanol–water partition coefficient (Wildman–Crippen LogP) is 3.74. The number of carbonyl (C=O) groups excluding carboxylic acids is 1. The van der Waals surface area contributed by atoms with Crippen molar-refractivity contribution >= 4 is 33.4 Å². The summed E-state index contributed by atoms with van der Waals surface area (Å²) >= 11 is 9.20. The minimum Gasteiger partial charge on any atom is -0.384 e. The summed E-state index contributed by atoms with van der Waals surface area (Å²) in [6.45, 7) is 1.77. The zero-order valence-electron chi connectivity index (χ0n) is 11.4. The molecule has 2 aromatic rings. The van der Waals surface area contributed by atoms with Crippen LogP contribution in [0.25, 0.3) is 0 Å². The third-order valence-corrected chi connectivity index (χ3v) is 3.91. The number of hydrogen-bond donors (Lipinski definition) is 2. The van der Waals surface area contributed by atoms with Crippen molar-refractivity contribution in [3.8, 4) is 0 Å². The fraction of sp³-hybridized carbons (Fsp3) is 0.188. The lowest BCUT2D eigenvalue weighted by molar-refractivity contribution is 0.0526. The van der Waals surface area contributed by atoms with Gasteiger partial charge in [-0.2, -0.15) is 0 Å². The molecule has 0 aromatic heterocycles. The minimum atomic E-state index is -1.14. The SMILES string of the molecule is CC(O)(CNC(=O)c1cccc(Cl)c1)c1ccc(Br)cc1. The summed E-state index contributed by atoms with van der Waals surface area (Å²) < 4.78 is 0.935. The highest BCUT2D eigenvalue weighted by atomic mass is 79.9. The Morgan fingerprint density at radius 1 is 1.29 bits per heavy atom. The summed E-state index contributed by atoms with van der Waals surface area (Å²) in [5, 5.41) is 13.7. The van der Waals surface area contributed by atoms with Gasteiger partial charge in [0.15, 0.2) is 0 Å². The molecule has 2 N–H and O–H groups in total. The molecule has 0 aliphatic rings. The maximum absolute atomic E-state index is 12.0. The number of carbonyl (C=O) groups is 1. The van der Waals surface area contributed by atoms with Gasteiger partial charge >= 0.3 is 0 Å². The maximum atomic E-state index is 12.0. The van der Waals surface area contributed by atoms with Gasteiger partial charge in [0.2, 0.25) is 0 Å². The van der Waals surface area contributed by atoms with E-state index in [-0.39, 0.29) is 12.5 Å². The zero-order valence-corrected chi connectivity index (χ0v) is 13.8. The van der Waals surface area contributed by atoms with Crippen LogP contribution in [-0.2, 0) is 5.60 Å². The Bertz CT molecular complexity index is 641. The van der Waals surface area contributed by atoms with Gasteiger partial charge in [0.05, 0.1) is 6.54 Å². The molecule has 5 heteroatoms. The smallest absolute Gasteiger partial charge is 0.251 e. The first-order chi connectivity index (χ1) is 9.88. The molecule has 0 radical (unpaired) electrons. The van der Waals surface area contributed by atoms with E-state index < -0.39 is 5.60 Å². The van der Waals surface area contributed by atoms with Crippen LogP contribution in [0.1, 0.15) is 22.8 Å². The van der Waals surface area contributed by atoms with E-state index in [4.69, 9.17) is 11.6 Å². The van der Waals surface area contributed by atoms with Crippen LogP contribution in [0.5, 0.6) is 0 Å². The van der Waals surface area contributed by atoms with Crippen molar-refractivity contribution in [2.75, 3.05) is 6.54 Å². The molecule has 1 atom stereocenters.